The molecule has 1 heterocycles. The molecule has 5 nitrogen and oxygen atoms in total. The highest BCUT2D eigenvalue weighted by atomic mass is 35.5. The molecule has 1 amide bonds. The Bertz CT molecular complexity index is 548. The van der Waals surface area contributed by atoms with Crippen LogP contribution in [0.15, 0.2) is 22.7 Å². The molecule has 0 aliphatic carbocycles. The van der Waals surface area contributed by atoms with E-state index < -0.39 is 5.91 Å². The molecule has 0 radical (unpaired) electrons. The highest BCUT2D eigenvalue weighted by molar-refractivity contribution is 6.36. The van der Waals surface area contributed by atoms with Gasteiger partial charge in [-0.05, 0) is 17.7 Å². The summed E-state index contributed by atoms with van der Waals surface area (Å²) in [6.45, 7) is 0. The van der Waals surface area contributed by atoms with Crippen LogP contribution >= 0.6 is 23.2 Å². The molecule has 0 unspecified atom stereocenters. The zero-order chi connectivity index (χ0) is 12.4. The maximum Gasteiger partial charge on any atom is 0.315 e. The highest BCUT2D eigenvalue weighted by Crippen LogP contribution is 2.25. The minimum atomic E-state index is -0.769. The van der Waals surface area contributed by atoms with Gasteiger partial charge in [0.05, 0.1) is 0 Å². The van der Waals surface area contributed by atoms with Gasteiger partial charge in [0.25, 0.3) is 0 Å². The van der Waals surface area contributed by atoms with Crippen molar-refractivity contribution in [2.24, 2.45) is 5.73 Å². The van der Waals surface area contributed by atoms with Crippen LogP contribution in [0.3, 0.4) is 0 Å². The Labute approximate surface area is 107 Å². The van der Waals surface area contributed by atoms with Crippen molar-refractivity contribution >= 4 is 29.1 Å². The average Bonchev–Trinajstić information content (AvgIpc) is 2.72. The monoisotopic (exact) mass is 271 g/mol. The summed E-state index contributed by atoms with van der Waals surface area (Å²) < 4.78 is 4.66. The SMILES string of the molecule is NC(=O)c1nc(Cc2c(Cl)cccc2Cl)no1. The van der Waals surface area contributed by atoms with E-state index in [0.717, 1.165) is 0 Å². The van der Waals surface area contributed by atoms with Gasteiger partial charge in [-0.3, -0.25) is 4.79 Å². The van der Waals surface area contributed by atoms with Crippen LogP contribution in [-0.4, -0.2) is 16.0 Å². The van der Waals surface area contributed by atoms with Crippen LogP contribution in [0.1, 0.15) is 22.1 Å². The van der Waals surface area contributed by atoms with Gasteiger partial charge in [-0.1, -0.05) is 34.4 Å². The van der Waals surface area contributed by atoms with Crippen LogP contribution in [-0.2, 0) is 6.42 Å². The van der Waals surface area contributed by atoms with E-state index in [-0.39, 0.29) is 12.3 Å². The van der Waals surface area contributed by atoms with E-state index >= 15 is 0 Å². The number of carbonyl (C=O) groups excluding carboxylic acids is 1. The number of rotatable bonds is 3. The molecule has 2 N–H and O–H groups in total. The normalized spacial score (nSPS) is 10.5. The second-order valence-corrected chi connectivity index (χ2v) is 4.07. The summed E-state index contributed by atoms with van der Waals surface area (Å²) in [6.07, 6.45) is 0.273. The van der Waals surface area contributed by atoms with Crippen LogP contribution in [0.4, 0.5) is 0 Å². The van der Waals surface area contributed by atoms with Crippen LogP contribution in [0.25, 0.3) is 0 Å². The van der Waals surface area contributed by atoms with Crippen molar-refractivity contribution < 1.29 is 9.32 Å². The molecule has 2 aromatic rings. The standard InChI is InChI=1S/C10H7Cl2N3O2/c11-6-2-1-3-7(12)5(6)4-8-14-10(9(13)16)17-15-8/h1-3H,4H2,(H2,13,16). The molecule has 1 aromatic carbocycles. The van der Waals surface area contributed by atoms with Gasteiger partial charge >= 0.3 is 11.8 Å². The van der Waals surface area contributed by atoms with Gasteiger partial charge in [0.2, 0.25) is 0 Å². The lowest BCUT2D eigenvalue weighted by Crippen LogP contribution is -2.11. The molecule has 0 fully saturated rings. The molecule has 88 valence electrons. The minimum Gasteiger partial charge on any atom is -0.361 e. The fourth-order valence-corrected chi connectivity index (χ4v) is 1.82. The molecule has 0 atom stereocenters. The lowest BCUT2D eigenvalue weighted by Gasteiger charge is -2.02. The maximum absolute atomic E-state index is 10.8. The number of aromatic nitrogens is 2. The Morgan fingerprint density at radius 2 is 2.00 bits per heavy atom. The summed E-state index contributed by atoms with van der Waals surface area (Å²) in [5.74, 6) is -0.703. The van der Waals surface area contributed by atoms with E-state index in [4.69, 9.17) is 28.9 Å². The first-order valence-electron chi connectivity index (χ1n) is 4.63. The Balaban J connectivity index is 2.28. The molecule has 0 saturated carbocycles. The fourth-order valence-electron chi connectivity index (χ4n) is 1.29. The van der Waals surface area contributed by atoms with Gasteiger partial charge in [0.1, 0.15) is 0 Å². The third-order valence-electron chi connectivity index (χ3n) is 2.08. The summed E-state index contributed by atoms with van der Waals surface area (Å²) in [7, 11) is 0. The largest absolute Gasteiger partial charge is 0.361 e. The van der Waals surface area contributed by atoms with Crippen LogP contribution in [0.2, 0.25) is 10.0 Å². The van der Waals surface area contributed by atoms with Crippen molar-refractivity contribution in [3.63, 3.8) is 0 Å². The number of benzene rings is 1. The van der Waals surface area contributed by atoms with Gasteiger partial charge in [-0.2, -0.15) is 4.98 Å². The van der Waals surface area contributed by atoms with Gasteiger partial charge in [-0.15, -0.1) is 0 Å². The molecule has 0 saturated heterocycles. The zero-order valence-electron chi connectivity index (χ0n) is 8.48. The van der Waals surface area contributed by atoms with Gasteiger partial charge in [0.15, 0.2) is 5.82 Å². The first kappa shape index (κ1) is 11.9. The summed E-state index contributed by atoms with van der Waals surface area (Å²) in [6, 6.07) is 5.15. The smallest absolute Gasteiger partial charge is 0.315 e. The first-order valence-corrected chi connectivity index (χ1v) is 5.39. The lowest BCUT2D eigenvalue weighted by molar-refractivity contribution is 0.0958. The van der Waals surface area contributed by atoms with Crippen molar-refractivity contribution in [2.45, 2.75) is 6.42 Å². The molecular weight excluding hydrogens is 265 g/mol. The van der Waals surface area contributed by atoms with E-state index in [9.17, 15) is 4.79 Å². The molecule has 0 aliphatic heterocycles. The number of hydrogen-bond donors (Lipinski definition) is 1. The molecule has 7 heteroatoms. The van der Waals surface area contributed by atoms with Crippen LogP contribution in [0, 0.1) is 0 Å². The number of halogens is 2. The minimum absolute atomic E-state index is 0.233. The first-order chi connectivity index (χ1) is 8.08. The molecule has 2 rings (SSSR count). The van der Waals surface area contributed by atoms with Crippen molar-refractivity contribution in [1.82, 2.24) is 10.1 Å². The Morgan fingerprint density at radius 3 is 2.53 bits per heavy atom. The topological polar surface area (TPSA) is 82.0 Å². The van der Waals surface area contributed by atoms with E-state index in [1.54, 1.807) is 18.2 Å². The predicted molar refractivity (Wildman–Crippen MR) is 62.1 cm³/mol. The quantitative estimate of drug-likeness (QED) is 0.927. The number of carbonyl (C=O) groups is 1. The number of nitrogens with two attached hydrogens (primary N) is 1. The predicted octanol–water partition coefficient (Wildman–Crippen LogP) is 2.07. The number of nitrogens with zero attached hydrogens (tertiary/aromatic N) is 2. The van der Waals surface area contributed by atoms with Crippen molar-refractivity contribution in [2.75, 3.05) is 0 Å². The van der Waals surface area contributed by atoms with Gasteiger partial charge in [-0.25, -0.2) is 0 Å². The van der Waals surface area contributed by atoms with E-state index in [1.165, 1.54) is 0 Å². The van der Waals surface area contributed by atoms with Crippen LogP contribution < -0.4 is 5.73 Å². The van der Waals surface area contributed by atoms with E-state index in [1.807, 2.05) is 0 Å². The molecule has 17 heavy (non-hydrogen) atoms. The van der Waals surface area contributed by atoms with E-state index in [2.05, 4.69) is 14.7 Å². The molecular formula is C10H7Cl2N3O2. The fraction of sp³-hybridized carbons (Fsp3) is 0.100. The Morgan fingerprint density at radius 1 is 1.35 bits per heavy atom. The van der Waals surface area contributed by atoms with Crippen molar-refractivity contribution in [3.8, 4) is 0 Å². The number of amides is 1. The van der Waals surface area contributed by atoms with E-state index in [0.29, 0.717) is 21.4 Å². The number of hydrogen-bond acceptors (Lipinski definition) is 4. The summed E-state index contributed by atoms with van der Waals surface area (Å²) in [5.41, 5.74) is 5.67. The molecule has 0 aliphatic rings. The second-order valence-electron chi connectivity index (χ2n) is 3.26. The average molecular weight is 272 g/mol. The van der Waals surface area contributed by atoms with Crippen molar-refractivity contribution in [3.05, 3.63) is 45.5 Å². The lowest BCUT2D eigenvalue weighted by atomic mass is 10.1. The summed E-state index contributed by atoms with van der Waals surface area (Å²) >= 11 is 12.0. The third kappa shape index (κ3) is 2.57. The molecule has 1 aromatic heterocycles. The van der Waals surface area contributed by atoms with Gasteiger partial charge < -0.3 is 10.3 Å². The Kier molecular flexibility index (Phi) is 3.31. The van der Waals surface area contributed by atoms with Crippen LogP contribution in [0.5, 0.6) is 0 Å². The number of primary amides is 1. The second kappa shape index (κ2) is 4.73. The highest BCUT2D eigenvalue weighted by Gasteiger charge is 2.14. The van der Waals surface area contributed by atoms with Gasteiger partial charge in [0, 0.05) is 16.5 Å². The molecule has 0 spiro atoms. The zero-order valence-corrected chi connectivity index (χ0v) is 10.00. The Hall–Kier alpha value is -1.59. The third-order valence-corrected chi connectivity index (χ3v) is 2.78. The molecule has 0 bridgehead atoms. The summed E-state index contributed by atoms with van der Waals surface area (Å²) in [4.78, 5) is 14.6. The maximum atomic E-state index is 10.8. The van der Waals surface area contributed by atoms with Crippen molar-refractivity contribution in [1.29, 1.82) is 0 Å². The summed E-state index contributed by atoms with van der Waals surface area (Å²) in [5, 5.41) is 4.62.